The fourth-order valence-electron chi connectivity index (χ4n) is 1.67. The highest BCUT2D eigenvalue weighted by molar-refractivity contribution is 5.76. The van der Waals surface area contributed by atoms with E-state index in [9.17, 15) is 4.79 Å². The molecule has 0 spiro atoms. The Hall–Kier alpha value is -1.32. The van der Waals surface area contributed by atoms with Gasteiger partial charge in [0.05, 0.1) is 12.0 Å². The van der Waals surface area contributed by atoms with Crippen molar-refractivity contribution in [1.29, 1.82) is 0 Å². The van der Waals surface area contributed by atoms with E-state index in [2.05, 4.69) is 4.98 Å². The van der Waals surface area contributed by atoms with E-state index in [1.54, 1.807) is 17.1 Å². The second kappa shape index (κ2) is 2.87. The second-order valence-electron chi connectivity index (χ2n) is 3.58. The molecule has 1 aromatic rings. The third-order valence-electron chi connectivity index (χ3n) is 2.53. The van der Waals surface area contributed by atoms with Gasteiger partial charge in [-0.05, 0) is 18.8 Å². The molecule has 13 heavy (non-hydrogen) atoms. The highest BCUT2D eigenvalue weighted by atomic mass is 16.4. The van der Waals surface area contributed by atoms with Crippen LogP contribution in [-0.2, 0) is 11.8 Å². The highest BCUT2D eigenvalue weighted by Gasteiger charge is 2.38. The Balaban J connectivity index is 2.30. The number of carboxylic acids is 1. The van der Waals surface area contributed by atoms with Crippen molar-refractivity contribution in [3.8, 4) is 0 Å². The summed E-state index contributed by atoms with van der Waals surface area (Å²) in [5.74, 6) is -0.758. The van der Waals surface area contributed by atoms with Crippen molar-refractivity contribution >= 4 is 5.97 Å². The lowest BCUT2D eigenvalue weighted by Gasteiger charge is -2.10. The molecule has 4 nitrogen and oxygen atoms in total. The summed E-state index contributed by atoms with van der Waals surface area (Å²) in [6.07, 6.45) is 5.36. The predicted molar refractivity (Wildman–Crippen MR) is 46.3 cm³/mol. The van der Waals surface area contributed by atoms with Crippen LogP contribution >= 0.6 is 0 Å². The zero-order chi connectivity index (χ0) is 9.42. The minimum atomic E-state index is -0.730. The van der Waals surface area contributed by atoms with E-state index in [1.807, 2.05) is 7.05 Å². The van der Waals surface area contributed by atoms with Crippen molar-refractivity contribution in [2.45, 2.75) is 18.8 Å². The van der Waals surface area contributed by atoms with Crippen LogP contribution in [0.1, 0.15) is 24.5 Å². The lowest BCUT2D eigenvalue weighted by molar-refractivity contribution is -0.139. The summed E-state index contributed by atoms with van der Waals surface area (Å²) in [6, 6.07) is 0. The normalized spacial score (nSPS) is 18.5. The molecular weight excluding hydrogens is 168 g/mol. The molecule has 0 aromatic carbocycles. The molecule has 4 heteroatoms. The number of aromatic nitrogens is 2. The molecule has 1 saturated carbocycles. The number of carbonyl (C=O) groups is 1. The maximum Gasteiger partial charge on any atom is 0.312 e. The average molecular weight is 180 g/mol. The van der Waals surface area contributed by atoms with Gasteiger partial charge in [0, 0.05) is 13.2 Å². The fraction of sp³-hybridized carbons (Fsp3) is 0.556. The standard InChI is InChI=1S/C9H12N2O2/c1-11-5-10-4-7(11)8(9(12)13)6-2-3-6/h4-6,8H,2-3H2,1H3,(H,12,13). The summed E-state index contributed by atoms with van der Waals surface area (Å²) in [5, 5.41) is 9.04. The van der Waals surface area contributed by atoms with E-state index in [-0.39, 0.29) is 5.92 Å². The van der Waals surface area contributed by atoms with Gasteiger partial charge in [-0.2, -0.15) is 0 Å². The SMILES string of the molecule is Cn1cncc1C(C(=O)O)C1CC1. The third-order valence-corrected chi connectivity index (χ3v) is 2.53. The number of aryl methyl sites for hydroxylation is 1. The zero-order valence-corrected chi connectivity index (χ0v) is 7.47. The van der Waals surface area contributed by atoms with Crippen molar-refractivity contribution in [1.82, 2.24) is 9.55 Å². The first-order valence-corrected chi connectivity index (χ1v) is 4.39. The van der Waals surface area contributed by atoms with E-state index in [1.165, 1.54) is 0 Å². The van der Waals surface area contributed by atoms with E-state index < -0.39 is 5.97 Å². The van der Waals surface area contributed by atoms with Gasteiger partial charge in [-0.1, -0.05) is 0 Å². The first kappa shape index (κ1) is 8.29. The summed E-state index contributed by atoms with van der Waals surface area (Å²) in [5.41, 5.74) is 0.815. The minimum absolute atomic E-state index is 0.327. The number of aliphatic carboxylic acids is 1. The molecule has 1 heterocycles. The molecule has 1 aliphatic rings. The number of nitrogens with zero attached hydrogens (tertiary/aromatic N) is 2. The van der Waals surface area contributed by atoms with Crippen molar-refractivity contribution in [2.75, 3.05) is 0 Å². The summed E-state index contributed by atoms with van der Waals surface area (Å²) in [6.45, 7) is 0. The largest absolute Gasteiger partial charge is 0.481 e. The minimum Gasteiger partial charge on any atom is -0.481 e. The van der Waals surface area contributed by atoms with Crippen LogP contribution in [0.2, 0.25) is 0 Å². The monoisotopic (exact) mass is 180 g/mol. The fourth-order valence-corrected chi connectivity index (χ4v) is 1.67. The predicted octanol–water partition coefficient (Wildman–Crippen LogP) is 0.998. The van der Waals surface area contributed by atoms with Crippen LogP contribution in [0.5, 0.6) is 0 Å². The molecule has 1 fully saturated rings. The lowest BCUT2D eigenvalue weighted by atomic mass is 10.0. The summed E-state index contributed by atoms with van der Waals surface area (Å²) in [7, 11) is 1.83. The number of hydrogen-bond donors (Lipinski definition) is 1. The van der Waals surface area contributed by atoms with Gasteiger partial charge < -0.3 is 9.67 Å². The summed E-state index contributed by atoms with van der Waals surface area (Å²) < 4.78 is 1.79. The van der Waals surface area contributed by atoms with Crippen molar-refractivity contribution in [2.24, 2.45) is 13.0 Å². The number of imidazole rings is 1. The van der Waals surface area contributed by atoms with E-state index >= 15 is 0 Å². The number of carboxylic acid groups (broad SMARTS) is 1. The van der Waals surface area contributed by atoms with Crippen LogP contribution in [0.15, 0.2) is 12.5 Å². The third kappa shape index (κ3) is 1.43. The van der Waals surface area contributed by atoms with Gasteiger partial charge in [0.2, 0.25) is 0 Å². The van der Waals surface area contributed by atoms with Crippen LogP contribution in [0.25, 0.3) is 0 Å². The lowest BCUT2D eigenvalue weighted by Crippen LogP contribution is -2.16. The Labute approximate surface area is 76.2 Å². The van der Waals surface area contributed by atoms with E-state index in [4.69, 9.17) is 5.11 Å². The molecule has 0 radical (unpaired) electrons. The first-order valence-electron chi connectivity index (χ1n) is 4.39. The smallest absolute Gasteiger partial charge is 0.312 e. The molecule has 0 aliphatic heterocycles. The Morgan fingerprint density at radius 3 is 2.85 bits per heavy atom. The Kier molecular flexibility index (Phi) is 1.83. The zero-order valence-electron chi connectivity index (χ0n) is 7.47. The van der Waals surface area contributed by atoms with Gasteiger partial charge in [-0.3, -0.25) is 4.79 Å². The van der Waals surface area contributed by atoms with Crippen LogP contribution in [0.4, 0.5) is 0 Å². The van der Waals surface area contributed by atoms with Crippen LogP contribution in [0, 0.1) is 5.92 Å². The Bertz CT molecular complexity index is 328. The van der Waals surface area contributed by atoms with Gasteiger partial charge in [-0.15, -0.1) is 0 Å². The van der Waals surface area contributed by atoms with Gasteiger partial charge in [-0.25, -0.2) is 4.98 Å². The van der Waals surface area contributed by atoms with Gasteiger partial charge in [0.25, 0.3) is 0 Å². The Morgan fingerprint density at radius 1 is 1.77 bits per heavy atom. The van der Waals surface area contributed by atoms with Gasteiger partial charge in [0.15, 0.2) is 0 Å². The van der Waals surface area contributed by atoms with E-state index in [0.717, 1.165) is 18.5 Å². The molecule has 1 atom stereocenters. The molecule has 70 valence electrons. The van der Waals surface area contributed by atoms with Crippen LogP contribution in [0.3, 0.4) is 0 Å². The summed E-state index contributed by atoms with van der Waals surface area (Å²) >= 11 is 0. The molecule has 1 aromatic heterocycles. The molecular formula is C9H12N2O2. The molecule has 1 unspecified atom stereocenters. The van der Waals surface area contributed by atoms with Crippen LogP contribution in [-0.4, -0.2) is 20.6 Å². The average Bonchev–Trinajstić information content (AvgIpc) is 2.78. The molecule has 1 aliphatic carbocycles. The summed E-state index contributed by atoms with van der Waals surface area (Å²) in [4.78, 5) is 14.9. The molecule has 0 bridgehead atoms. The van der Waals surface area contributed by atoms with Gasteiger partial charge in [0.1, 0.15) is 5.92 Å². The molecule has 2 rings (SSSR count). The maximum atomic E-state index is 11.0. The quantitative estimate of drug-likeness (QED) is 0.754. The van der Waals surface area contributed by atoms with Crippen molar-refractivity contribution in [3.05, 3.63) is 18.2 Å². The van der Waals surface area contributed by atoms with Crippen LogP contribution < -0.4 is 0 Å². The van der Waals surface area contributed by atoms with Crippen molar-refractivity contribution < 1.29 is 9.90 Å². The molecule has 0 amide bonds. The van der Waals surface area contributed by atoms with E-state index in [0.29, 0.717) is 5.92 Å². The highest BCUT2D eigenvalue weighted by Crippen LogP contribution is 2.42. The maximum absolute atomic E-state index is 11.0. The number of rotatable bonds is 3. The first-order chi connectivity index (χ1) is 6.20. The van der Waals surface area contributed by atoms with Gasteiger partial charge >= 0.3 is 5.97 Å². The number of hydrogen-bond acceptors (Lipinski definition) is 2. The second-order valence-corrected chi connectivity index (χ2v) is 3.58. The topological polar surface area (TPSA) is 55.1 Å². The molecule has 1 N–H and O–H groups in total. The molecule has 0 saturated heterocycles. The van der Waals surface area contributed by atoms with Crippen molar-refractivity contribution in [3.63, 3.8) is 0 Å². The Morgan fingerprint density at radius 2 is 2.46 bits per heavy atom.